The molecular formula is C22H23N3O3. The Bertz CT molecular complexity index is 1020. The largest absolute Gasteiger partial charge is 0.490 e. The molecule has 3 aromatic rings. The Morgan fingerprint density at radius 1 is 1.11 bits per heavy atom. The Hall–Kier alpha value is -3.12. The summed E-state index contributed by atoms with van der Waals surface area (Å²) in [6.45, 7) is 1.24. The lowest BCUT2D eigenvalue weighted by atomic mass is 10.0. The molecule has 1 saturated heterocycles. The maximum absolute atomic E-state index is 12.7. The summed E-state index contributed by atoms with van der Waals surface area (Å²) in [5, 5.41) is 1.49. The quantitative estimate of drug-likeness (QED) is 0.731. The van der Waals surface area contributed by atoms with E-state index in [2.05, 4.69) is 4.98 Å². The number of nitrogens with two attached hydrogens (primary N) is 1. The van der Waals surface area contributed by atoms with Crippen molar-refractivity contribution in [2.24, 2.45) is 5.73 Å². The molecule has 0 saturated carbocycles. The third kappa shape index (κ3) is 3.77. The standard InChI is InChI=1S/C22H23N3O3/c23-20(15-4-2-1-3-5-15)22(27)25-12-9-17(10-13-25)28-18-6-7-19-16(14-18)8-11-24-21(19)26/h1-8,11,14,17,20H,9-10,12-13,23H2,(H,24,26)/t20-/m0/s1. The monoisotopic (exact) mass is 377 g/mol. The number of aromatic amines is 1. The van der Waals surface area contributed by atoms with Crippen molar-refractivity contribution in [3.05, 3.63) is 76.7 Å². The molecule has 2 heterocycles. The third-order valence-electron chi connectivity index (χ3n) is 5.23. The number of piperidine rings is 1. The number of likely N-dealkylation sites (tertiary alicyclic amines) is 1. The Labute approximate surface area is 162 Å². The summed E-state index contributed by atoms with van der Waals surface area (Å²) < 4.78 is 6.09. The van der Waals surface area contributed by atoms with Crippen molar-refractivity contribution in [1.82, 2.24) is 9.88 Å². The van der Waals surface area contributed by atoms with E-state index < -0.39 is 6.04 Å². The van der Waals surface area contributed by atoms with E-state index in [4.69, 9.17) is 10.5 Å². The zero-order valence-electron chi connectivity index (χ0n) is 15.5. The third-order valence-corrected chi connectivity index (χ3v) is 5.23. The number of amides is 1. The minimum Gasteiger partial charge on any atom is -0.490 e. The topological polar surface area (TPSA) is 88.4 Å². The first kappa shape index (κ1) is 18.3. The summed E-state index contributed by atoms with van der Waals surface area (Å²) in [6, 6.07) is 16.2. The van der Waals surface area contributed by atoms with Crippen molar-refractivity contribution in [3.8, 4) is 5.75 Å². The van der Waals surface area contributed by atoms with Gasteiger partial charge in [-0.05, 0) is 35.2 Å². The summed E-state index contributed by atoms with van der Waals surface area (Å²) in [4.78, 5) is 28.9. The highest BCUT2D eigenvalue weighted by atomic mass is 16.5. The van der Waals surface area contributed by atoms with Gasteiger partial charge in [0, 0.05) is 37.5 Å². The minimum absolute atomic E-state index is 0.0384. The molecule has 1 aromatic heterocycles. The van der Waals surface area contributed by atoms with Crippen LogP contribution >= 0.6 is 0 Å². The lowest BCUT2D eigenvalue weighted by Crippen LogP contribution is -2.45. The number of rotatable bonds is 4. The highest BCUT2D eigenvalue weighted by Gasteiger charge is 2.27. The van der Waals surface area contributed by atoms with Crippen LogP contribution in [0, 0.1) is 0 Å². The molecule has 3 N–H and O–H groups in total. The molecule has 6 nitrogen and oxygen atoms in total. The van der Waals surface area contributed by atoms with Crippen molar-refractivity contribution in [2.45, 2.75) is 25.0 Å². The number of hydrogen-bond donors (Lipinski definition) is 2. The number of ether oxygens (including phenoxy) is 1. The van der Waals surface area contributed by atoms with Gasteiger partial charge in [-0.2, -0.15) is 0 Å². The second kappa shape index (κ2) is 7.86. The van der Waals surface area contributed by atoms with Crippen LogP contribution < -0.4 is 16.0 Å². The SMILES string of the molecule is N[C@H](C(=O)N1CCC(Oc2ccc3c(=O)[nH]ccc3c2)CC1)c1ccccc1. The fraction of sp³-hybridized carbons (Fsp3) is 0.273. The number of nitrogens with one attached hydrogen (secondary N) is 1. The van der Waals surface area contributed by atoms with Crippen molar-refractivity contribution in [3.63, 3.8) is 0 Å². The van der Waals surface area contributed by atoms with Crippen LogP contribution in [0.1, 0.15) is 24.4 Å². The second-order valence-corrected chi connectivity index (χ2v) is 7.09. The first-order valence-electron chi connectivity index (χ1n) is 9.49. The number of hydrogen-bond acceptors (Lipinski definition) is 4. The van der Waals surface area contributed by atoms with E-state index in [-0.39, 0.29) is 17.6 Å². The number of nitrogens with zero attached hydrogens (tertiary/aromatic N) is 1. The zero-order chi connectivity index (χ0) is 19.5. The fourth-order valence-electron chi connectivity index (χ4n) is 3.63. The van der Waals surface area contributed by atoms with Gasteiger partial charge in [-0.25, -0.2) is 0 Å². The molecule has 1 aliphatic rings. The molecule has 6 heteroatoms. The van der Waals surface area contributed by atoms with Crippen LogP contribution in [0.4, 0.5) is 0 Å². The van der Waals surface area contributed by atoms with E-state index in [0.29, 0.717) is 18.5 Å². The van der Waals surface area contributed by atoms with E-state index in [1.807, 2.05) is 53.4 Å². The molecule has 144 valence electrons. The first-order valence-corrected chi connectivity index (χ1v) is 9.49. The number of H-pyrrole nitrogens is 1. The zero-order valence-corrected chi connectivity index (χ0v) is 15.5. The molecular weight excluding hydrogens is 354 g/mol. The molecule has 28 heavy (non-hydrogen) atoms. The Morgan fingerprint density at radius 3 is 2.61 bits per heavy atom. The lowest BCUT2D eigenvalue weighted by molar-refractivity contribution is -0.134. The van der Waals surface area contributed by atoms with Crippen molar-refractivity contribution >= 4 is 16.7 Å². The highest BCUT2D eigenvalue weighted by molar-refractivity contribution is 5.83. The maximum atomic E-state index is 12.7. The lowest BCUT2D eigenvalue weighted by Gasteiger charge is -2.33. The Morgan fingerprint density at radius 2 is 1.86 bits per heavy atom. The minimum atomic E-state index is -0.628. The van der Waals surface area contributed by atoms with Gasteiger partial charge in [0.25, 0.3) is 5.56 Å². The fourth-order valence-corrected chi connectivity index (χ4v) is 3.63. The number of carbonyl (C=O) groups is 1. The van der Waals surface area contributed by atoms with Gasteiger partial charge in [0.2, 0.25) is 5.91 Å². The number of benzene rings is 2. The van der Waals surface area contributed by atoms with Gasteiger partial charge in [-0.1, -0.05) is 30.3 Å². The molecule has 2 aromatic carbocycles. The van der Waals surface area contributed by atoms with Gasteiger partial charge >= 0.3 is 0 Å². The molecule has 1 amide bonds. The van der Waals surface area contributed by atoms with Crippen molar-refractivity contribution in [1.29, 1.82) is 0 Å². The van der Waals surface area contributed by atoms with Gasteiger partial charge in [0.1, 0.15) is 17.9 Å². The van der Waals surface area contributed by atoms with Crippen LogP contribution in [0.25, 0.3) is 10.8 Å². The molecule has 1 atom stereocenters. The van der Waals surface area contributed by atoms with E-state index in [1.165, 1.54) is 0 Å². The normalized spacial score (nSPS) is 16.1. The maximum Gasteiger partial charge on any atom is 0.255 e. The number of fused-ring (bicyclic) bond motifs is 1. The smallest absolute Gasteiger partial charge is 0.255 e. The number of aromatic nitrogens is 1. The molecule has 0 bridgehead atoms. The first-order chi connectivity index (χ1) is 13.6. The molecule has 0 unspecified atom stereocenters. The van der Waals surface area contributed by atoms with Crippen LogP contribution in [-0.2, 0) is 4.79 Å². The van der Waals surface area contributed by atoms with E-state index >= 15 is 0 Å². The Kier molecular flexibility index (Phi) is 5.12. The van der Waals surface area contributed by atoms with Gasteiger partial charge in [-0.15, -0.1) is 0 Å². The number of pyridine rings is 1. The summed E-state index contributed by atoms with van der Waals surface area (Å²) in [7, 11) is 0. The molecule has 0 spiro atoms. The molecule has 0 radical (unpaired) electrons. The van der Waals surface area contributed by atoms with Gasteiger partial charge in [-0.3, -0.25) is 9.59 Å². The van der Waals surface area contributed by atoms with Crippen LogP contribution in [-0.4, -0.2) is 35.0 Å². The highest BCUT2D eigenvalue weighted by Crippen LogP contribution is 2.23. The molecule has 1 fully saturated rings. The number of carbonyl (C=O) groups excluding carboxylic acids is 1. The predicted octanol–water partition coefficient (Wildman–Crippen LogP) is 2.60. The van der Waals surface area contributed by atoms with E-state index in [0.717, 1.165) is 29.5 Å². The summed E-state index contributed by atoms with van der Waals surface area (Å²) in [5.74, 6) is 0.693. The van der Waals surface area contributed by atoms with Crippen LogP contribution in [0.3, 0.4) is 0 Å². The molecule has 4 rings (SSSR count). The van der Waals surface area contributed by atoms with Crippen LogP contribution in [0.2, 0.25) is 0 Å². The molecule has 0 aliphatic carbocycles. The van der Waals surface area contributed by atoms with Gasteiger partial charge in [0.15, 0.2) is 0 Å². The second-order valence-electron chi connectivity index (χ2n) is 7.09. The van der Waals surface area contributed by atoms with Gasteiger partial charge < -0.3 is 20.4 Å². The van der Waals surface area contributed by atoms with Crippen molar-refractivity contribution < 1.29 is 9.53 Å². The van der Waals surface area contributed by atoms with Crippen LogP contribution in [0.5, 0.6) is 5.75 Å². The average Bonchev–Trinajstić information content (AvgIpc) is 2.74. The average molecular weight is 377 g/mol. The molecule has 1 aliphatic heterocycles. The van der Waals surface area contributed by atoms with Crippen molar-refractivity contribution in [2.75, 3.05) is 13.1 Å². The Balaban J connectivity index is 1.36. The van der Waals surface area contributed by atoms with E-state index in [9.17, 15) is 9.59 Å². The predicted molar refractivity (Wildman–Crippen MR) is 108 cm³/mol. The summed E-state index contributed by atoms with van der Waals surface area (Å²) in [6.07, 6.45) is 3.17. The van der Waals surface area contributed by atoms with Crippen LogP contribution in [0.15, 0.2) is 65.6 Å². The summed E-state index contributed by atoms with van der Waals surface area (Å²) in [5.41, 5.74) is 6.87. The summed E-state index contributed by atoms with van der Waals surface area (Å²) >= 11 is 0. The van der Waals surface area contributed by atoms with Gasteiger partial charge in [0.05, 0.1) is 0 Å². The van der Waals surface area contributed by atoms with E-state index in [1.54, 1.807) is 12.3 Å².